The summed E-state index contributed by atoms with van der Waals surface area (Å²) in [6.07, 6.45) is 2.95. The maximum absolute atomic E-state index is 7.37. The molecule has 6 heteroatoms. The highest BCUT2D eigenvalue weighted by atomic mass is 15.2. The molecule has 0 unspecified atom stereocenters. The van der Waals surface area contributed by atoms with Crippen LogP contribution >= 0.6 is 0 Å². The molecular formula is C9H22N6. The van der Waals surface area contributed by atoms with Crippen molar-refractivity contribution in [2.24, 2.45) is 22.2 Å². The Labute approximate surface area is 91.0 Å². The zero-order chi connectivity index (χ0) is 11.7. The van der Waals surface area contributed by atoms with Gasteiger partial charge in [0.1, 0.15) is 0 Å². The number of aliphatic imine (C=N–C) groups is 1. The van der Waals surface area contributed by atoms with Crippen LogP contribution in [0.1, 0.15) is 26.2 Å². The number of hydrogen-bond donors (Lipinski definition) is 4. The Morgan fingerprint density at radius 1 is 1.20 bits per heavy atom. The van der Waals surface area contributed by atoms with E-state index >= 15 is 0 Å². The molecule has 0 radical (unpaired) electrons. The molecule has 0 aromatic heterocycles. The molecule has 0 fully saturated rings. The second kappa shape index (κ2) is 7.90. The van der Waals surface area contributed by atoms with Crippen LogP contribution in [-0.4, -0.2) is 36.5 Å². The highest BCUT2D eigenvalue weighted by Gasteiger charge is 2.04. The van der Waals surface area contributed by atoms with Crippen molar-refractivity contribution >= 4 is 11.9 Å². The highest BCUT2D eigenvalue weighted by molar-refractivity contribution is 5.75. The Morgan fingerprint density at radius 2 is 1.80 bits per heavy atom. The number of nitrogens with zero attached hydrogens (tertiary/aromatic N) is 2. The monoisotopic (exact) mass is 214 g/mol. The Kier molecular flexibility index (Phi) is 7.13. The molecule has 0 rings (SSSR count). The van der Waals surface area contributed by atoms with Gasteiger partial charge in [0.25, 0.3) is 0 Å². The third kappa shape index (κ3) is 7.60. The van der Waals surface area contributed by atoms with E-state index in [1.54, 1.807) is 0 Å². The Balaban J connectivity index is 3.76. The summed E-state index contributed by atoms with van der Waals surface area (Å²) in [6, 6.07) is 0. The van der Waals surface area contributed by atoms with Crippen LogP contribution < -0.4 is 17.2 Å². The van der Waals surface area contributed by atoms with Crippen LogP contribution in [0.25, 0.3) is 0 Å². The molecule has 0 bridgehead atoms. The van der Waals surface area contributed by atoms with E-state index < -0.39 is 0 Å². The Morgan fingerprint density at radius 3 is 2.27 bits per heavy atom. The number of rotatable bonds is 7. The van der Waals surface area contributed by atoms with Crippen LogP contribution in [0.5, 0.6) is 0 Å². The molecule has 7 N–H and O–H groups in total. The third-order valence-electron chi connectivity index (χ3n) is 2.00. The Hall–Kier alpha value is -1.46. The van der Waals surface area contributed by atoms with Crippen LogP contribution in [0.4, 0.5) is 0 Å². The van der Waals surface area contributed by atoms with E-state index in [2.05, 4.69) is 11.9 Å². The summed E-state index contributed by atoms with van der Waals surface area (Å²) in [7, 11) is 0. The van der Waals surface area contributed by atoms with E-state index in [4.69, 9.17) is 22.6 Å². The van der Waals surface area contributed by atoms with Crippen molar-refractivity contribution < 1.29 is 0 Å². The molecule has 0 heterocycles. The standard InChI is InChI=1S/C9H22N6/c1-2-3-6-15(9(12)13)7-4-5-14-8(10)11/h2-7H2,1H3,(H3,12,13)(H4,10,11,14). The van der Waals surface area contributed by atoms with Crippen molar-refractivity contribution in [3.05, 3.63) is 0 Å². The van der Waals surface area contributed by atoms with E-state index in [1.165, 1.54) is 0 Å². The summed E-state index contributed by atoms with van der Waals surface area (Å²) in [6.45, 7) is 4.25. The largest absolute Gasteiger partial charge is 0.370 e. The second-order valence-electron chi connectivity index (χ2n) is 3.39. The van der Waals surface area contributed by atoms with Crippen molar-refractivity contribution in [1.29, 1.82) is 5.41 Å². The van der Waals surface area contributed by atoms with E-state index in [0.29, 0.717) is 6.54 Å². The molecule has 0 aliphatic heterocycles. The molecule has 0 saturated carbocycles. The minimum Gasteiger partial charge on any atom is -0.370 e. The topological polar surface area (TPSA) is 118 Å². The first-order chi connectivity index (χ1) is 7.07. The lowest BCUT2D eigenvalue weighted by Gasteiger charge is -2.21. The van der Waals surface area contributed by atoms with E-state index in [9.17, 15) is 0 Å². The van der Waals surface area contributed by atoms with Gasteiger partial charge >= 0.3 is 0 Å². The zero-order valence-electron chi connectivity index (χ0n) is 9.37. The predicted octanol–water partition coefficient (Wildman–Crippen LogP) is -0.355. The highest BCUT2D eigenvalue weighted by Crippen LogP contribution is 1.96. The maximum atomic E-state index is 7.37. The van der Waals surface area contributed by atoms with Gasteiger partial charge in [-0.2, -0.15) is 0 Å². The smallest absolute Gasteiger partial charge is 0.188 e. The van der Waals surface area contributed by atoms with Gasteiger partial charge in [-0.05, 0) is 12.8 Å². The molecule has 0 amide bonds. The van der Waals surface area contributed by atoms with Crippen LogP contribution in [0.3, 0.4) is 0 Å². The van der Waals surface area contributed by atoms with Crippen molar-refractivity contribution in [3.63, 3.8) is 0 Å². The molecule has 0 aliphatic rings. The van der Waals surface area contributed by atoms with Crippen LogP contribution in [0.15, 0.2) is 4.99 Å². The number of unbranched alkanes of at least 4 members (excludes halogenated alkanes) is 1. The van der Waals surface area contributed by atoms with Crippen molar-refractivity contribution in [3.8, 4) is 0 Å². The Bertz CT molecular complexity index is 209. The second-order valence-corrected chi connectivity index (χ2v) is 3.39. The first-order valence-electron chi connectivity index (χ1n) is 5.22. The van der Waals surface area contributed by atoms with Gasteiger partial charge in [0.05, 0.1) is 0 Å². The average Bonchev–Trinajstić information content (AvgIpc) is 2.15. The van der Waals surface area contributed by atoms with Gasteiger partial charge in [-0.25, -0.2) is 0 Å². The van der Waals surface area contributed by atoms with E-state index in [0.717, 1.165) is 32.4 Å². The molecule has 0 aromatic rings. The number of nitrogens with one attached hydrogen (secondary N) is 1. The van der Waals surface area contributed by atoms with Crippen LogP contribution in [-0.2, 0) is 0 Å². The minimum absolute atomic E-state index is 0.109. The van der Waals surface area contributed by atoms with Crippen molar-refractivity contribution in [2.45, 2.75) is 26.2 Å². The van der Waals surface area contributed by atoms with E-state index in [1.807, 2.05) is 4.90 Å². The summed E-state index contributed by atoms with van der Waals surface area (Å²) in [5.74, 6) is 0.228. The summed E-state index contributed by atoms with van der Waals surface area (Å²) < 4.78 is 0. The van der Waals surface area contributed by atoms with Gasteiger partial charge in [0, 0.05) is 19.6 Å². The fourth-order valence-electron chi connectivity index (χ4n) is 1.17. The SMILES string of the molecule is CCCCN(CCCN=C(N)N)C(=N)N. The molecule has 0 atom stereocenters. The lowest BCUT2D eigenvalue weighted by molar-refractivity contribution is 0.396. The fourth-order valence-corrected chi connectivity index (χ4v) is 1.17. The molecule has 0 aliphatic carbocycles. The third-order valence-corrected chi connectivity index (χ3v) is 2.00. The number of guanidine groups is 2. The minimum atomic E-state index is 0.109. The van der Waals surface area contributed by atoms with Gasteiger partial charge in [-0.15, -0.1) is 0 Å². The van der Waals surface area contributed by atoms with Crippen LogP contribution in [0.2, 0.25) is 0 Å². The van der Waals surface area contributed by atoms with Gasteiger partial charge in [0.15, 0.2) is 11.9 Å². The van der Waals surface area contributed by atoms with Gasteiger partial charge in [0.2, 0.25) is 0 Å². The number of nitrogens with two attached hydrogens (primary N) is 3. The van der Waals surface area contributed by atoms with Gasteiger partial charge < -0.3 is 22.1 Å². The fraction of sp³-hybridized carbons (Fsp3) is 0.778. The van der Waals surface area contributed by atoms with Crippen molar-refractivity contribution in [1.82, 2.24) is 4.90 Å². The quantitative estimate of drug-likeness (QED) is 0.263. The first-order valence-corrected chi connectivity index (χ1v) is 5.22. The van der Waals surface area contributed by atoms with Gasteiger partial charge in [-0.1, -0.05) is 13.3 Å². The lowest BCUT2D eigenvalue weighted by atomic mass is 10.3. The first kappa shape index (κ1) is 13.5. The molecule has 0 aromatic carbocycles. The normalized spacial score (nSPS) is 9.67. The van der Waals surface area contributed by atoms with Gasteiger partial charge in [-0.3, -0.25) is 10.4 Å². The number of hydrogen-bond acceptors (Lipinski definition) is 2. The molecule has 6 nitrogen and oxygen atoms in total. The van der Waals surface area contributed by atoms with E-state index in [-0.39, 0.29) is 11.9 Å². The van der Waals surface area contributed by atoms with Crippen molar-refractivity contribution in [2.75, 3.05) is 19.6 Å². The molecule has 0 spiro atoms. The predicted molar refractivity (Wildman–Crippen MR) is 63.7 cm³/mol. The summed E-state index contributed by atoms with van der Waals surface area (Å²) in [4.78, 5) is 5.71. The lowest BCUT2D eigenvalue weighted by Crippen LogP contribution is -2.38. The molecule has 88 valence electrons. The summed E-state index contributed by atoms with van der Waals surface area (Å²) in [5, 5.41) is 7.37. The summed E-state index contributed by atoms with van der Waals surface area (Å²) >= 11 is 0. The maximum Gasteiger partial charge on any atom is 0.188 e. The zero-order valence-corrected chi connectivity index (χ0v) is 9.37. The summed E-state index contributed by atoms with van der Waals surface area (Å²) in [5.41, 5.74) is 15.8. The van der Waals surface area contributed by atoms with Crippen LogP contribution in [0, 0.1) is 5.41 Å². The average molecular weight is 214 g/mol. The molecule has 15 heavy (non-hydrogen) atoms. The molecular weight excluding hydrogens is 192 g/mol. The molecule has 0 saturated heterocycles.